The van der Waals surface area contributed by atoms with Gasteiger partial charge >= 0.3 is 0 Å². The van der Waals surface area contributed by atoms with Gasteiger partial charge in [0.1, 0.15) is 6.26 Å². The molecule has 3 N–H and O–H groups in total. The fraction of sp³-hybridized carbons (Fsp3) is 0.222. The number of nitrogens with two attached hydrogens (primary N) is 1. The number of hydrogen-bond donors (Lipinski definition) is 2. The maximum atomic E-state index is 5.78. The number of nitrogens with one attached hydrogen (secondary N) is 1. The van der Waals surface area contributed by atoms with Gasteiger partial charge in [0.15, 0.2) is 5.58 Å². The average Bonchev–Trinajstić information content (AvgIpc) is 2.74. The molecule has 3 aromatic rings. The number of hydrogen-bond acceptors (Lipinski definition) is 3. The monoisotopic (exact) mass is 294 g/mol. The largest absolute Gasteiger partial charge is 0.399 e. The van der Waals surface area contributed by atoms with E-state index in [1.165, 1.54) is 11.1 Å². The molecule has 1 atom stereocenters. The molecule has 1 unspecified atom stereocenters. The molecule has 1 heterocycles. The van der Waals surface area contributed by atoms with Crippen LogP contribution in [0.3, 0.4) is 0 Å². The fourth-order valence-corrected chi connectivity index (χ4v) is 3.27. The van der Waals surface area contributed by atoms with E-state index in [1.807, 2.05) is 24.3 Å². The second kappa shape index (κ2) is 4.98. The Balaban J connectivity index is 1.99. The van der Waals surface area contributed by atoms with Crippen molar-refractivity contribution in [3.05, 3.63) is 53.8 Å². The molecule has 0 bridgehead atoms. The standard InChI is InChI=1S/C18H18N2O2/c1-11-6-13-8-16-17(12-2-4-15(19)5-3-12)10-21-20-22-18(16)9-14(13)7-11/h2-5,8-11,20H,6-7,19H2,1H3. The van der Waals surface area contributed by atoms with Gasteiger partial charge in [-0.05, 0) is 59.7 Å². The third kappa shape index (κ3) is 2.17. The quantitative estimate of drug-likeness (QED) is 0.651. The SMILES string of the molecule is CC1Cc2cc3o[nH]occ(-c4ccc(N)cc4)c3cc2C1. The van der Waals surface area contributed by atoms with Crippen molar-refractivity contribution < 1.29 is 9.05 Å². The number of H-pyrrole nitrogens is 1. The van der Waals surface area contributed by atoms with Gasteiger partial charge in [0.25, 0.3) is 0 Å². The summed E-state index contributed by atoms with van der Waals surface area (Å²) in [4.78, 5) is 0. The molecule has 0 saturated carbocycles. The summed E-state index contributed by atoms with van der Waals surface area (Å²) in [6, 6.07) is 12.1. The minimum absolute atomic E-state index is 0.689. The highest BCUT2D eigenvalue weighted by Gasteiger charge is 2.20. The molecule has 4 nitrogen and oxygen atoms in total. The van der Waals surface area contributed by atoms with E-state index in [0.717, 1.165) is 40.6 Å². The van der Waals surface area contributed by atoms with E-state index in [2.05, 4.69) is 24.4 Å². The minimum Gasteiger partial charge on any atom is -0.399 e. The molecule has 0 spiro atoms. The van der Waals surface area contributed by atoms with E-state index in [0.29, 0.717) is 5.92 Å². The first kappa shape index (κ1) is 13.1. The Labute approximate surface area is 128 Å². The predicted octanol–water partition coefficient (Wildman–Crippen LogP) is 4.46. The van der Waals surface area contributed by atoms with Crippen molar-refractivity contribution in [3.63, 3.8) is 0 Å². The molecular formula is C18H18N2O2. The minimum atomic E-state index is 0.689. The summed E-state index contributed by atoms with van der Waals surface area (Å²) in [6.07, 6.45) is 3.90. The van der Waals surface area contributed by atoms with Crippen molar-refractivity contribution in [1.82, 2.24) is 5.33 Å². The van der Waals surface area contributed by atoms with Crippen LogP contribution < -0.4 is 5.73 Å². The number of nitrogen functional groups attached to an aromatic ring is 1. The zero-order valence-electron chi connectivity index (χ0n) is 12.4. The first-order valence-corrected chi connectivity index (χ1v) is 7.50. The van der Waals surface area contributed by atoms with E-state index in [4.69, 9.17) is 14.8 Å². The van der Waals surface area contributed by atoms with E-state index >= 15 is 0 Å². The van der Waals surface area contributed by atoms with Crippen LogP contribution in [-0.4, -0.2) is 5.33 Å². The number of aromatic amines is 1. The number of anilines is 1. The molecule has 2 aromatic carbocycles. The van der Waals surface area contributed by atoms with Gasteiger partial charge in [-0.2, -0.15) is 0 Å². The lowest BCUT2D eigenvalue weighted by Crippen LogP contribution is -1.89. The number of benzene rings is 2. The Morgan fingerprint density at radius 1 is 1.09 bits per heavy atom. The highest BCUT2D eigenvalue weighted by Crippen LogP contribution is 2.34. The Morgan fingerprint density at radius 2 is 1.82 bits per heavy atom. The summed E-state index contributed by atoms with van der Waals surface area (Å²) >= 11 is 0. The Morgan fingerprint density at radius 3 is 2.59 bits per heavy atom. The topological polar surface area (TPSA) is 68.1 Å². The summed E-state index contributed by atoms with van der Waals surface area (Å²) in [5.41, 5.74) is 12.1. The molecule has 4 heteroatoms. The van der Waals surface area contributed by atoms with Gasteiger partial charge in [-0.3, -0.25) is 0 Å². The molecular weight excluding hydrogens is 276 g/mol. The highest BCUT2D eigenvalue weighted by atomic mass is 16.7. The van der Waals surface area contributed by atoms with Crippen LogP contribution in [0.15, 0.2) is 51.7 Å². The fourth-order valence-electron chi connectivity index (χ4n) is 3.27. The molecule has 0 fully saturated rings. The van der Waals surface area contributed by atoms with Crippen LogP contribution in [0.1, 0.15) is 18.1 Å². The van der Waals surface area contributed by atoms with E-state index in [1.54, 1.807) is 6.26 Å². The van der Waals surface area contributed by atoms with Crippen LogP contribution in [-0.2, 0) is 12.8 Å². The van der Waals surface area contributed by atoms with E-state index in [-0.39, 0.29) is 0 Å². The van der Waals surface area contributed by atoms with E-state index in [9.17, 15) is 0 Å². The first-order valence-electron chi connectivity index (χ1n) is 7.50. The number of aromatic nitrogens is 1. The van der Waals surface area contributed by atoms with Gasteiger partial charge in [-0.1, -0.05) is 24.4 Å². The Kier molecular flexibility index (Phi) is 2.96. The smallest absolute Gasteiger partial charge is 0.166 e. The van der Waals surface area contributed by atoms with Gasteiger partial charge in [-0.25, -0.2) is 0 Å². The molecule has 4 rings (SSSR count). The molecule has 1 aromatic heterocycles. The maximum absolute atomic E-state index is 5.78. The molecule has 0 amide bonds. The van der Waals surface area contributed by atoms with Crippen molar-refractivity contribution in [2.75, 3.05) is 5.73 Å². The average molecular weight is 294 g/mol. The predicted molar refractivity (Wildman–Crippen MR) is 86.9 cm³/mol. The van der Waals surface area contributed by atoms with Crippen LogP contribution in [0.25, 0.3) is 22.1 Å². The van der Waals surface area contributed by atoms with Crippen molar-refractivity contribution in [3.8, 4) is 11.1 Å². The third-order valence-corrected chi connectivity index (χ3v) is 4.33. The second-order valence-corrected chi connectivity index (χ2v) is 6.09. The van der Waals surface area contributed by atoms with Gasteiger partial charge < -0.3 is 14.8 Å². The highest BCUT2D eigenvalue weighted by molar-refractivity contribution is 5.93. The zero-order valence-corrected chi connectivity index (χ0v) is 12.4. The molecule has 22 heavy (non-hydrogen) atoms. The molecule has 0 radical (unpaired) electrons. The molecule has 0 saturated heterocycles. The number of fused-ring (bicyclic) bond motifs is 2. The van der Waals surface area contributed by atoms with Crippen molar-refractivity contribution in [2.24, 2.45) is 5.92 Å². The van der Waals surface area contributed by atoms with Gasteiger partial charge in [0.05, 0.1) is 0 Å². The second-order valence-electron chi connectivity index (χ2n) is 6.09. The van der Waals surface area contributed by atoms with Crippen LogP contribution in [0.4, 0.5) is 5.69 Å². The van der Waals surface area contributed by atoms with Gasteiger partial charge in [0, 0.05) is 16.6 Å². The van der Waals surface area contributed by atoms with Crippen LogP contribution in [0.2, 0.25) is 0 Å². The summed E-state index contributed by atoms with van der Waals surface area (Å²) in [5, 5.41) is 3.56. The lowest BCUT2D eigenvalue weighted by atomic mass is 10.00. The van der Waals surface area contributed by atoms with Crippen LogP contribution in [0.5, 0.6) is 0 Å². The molecule has 1 aliphatic rings. The lowest BCUT2D eigenvalue weighted by Gasteiger charge is -2.04. The summed E-state index contributed by atoms with van der Waals surface area (Å²) in [5.74, 6) is 0.689. The van der Waals surface area contributed by atoms with Gasteiger partial charge in [0.2, 0.25) is 0 Å². The third-order valence-electron chi connectivity index (χ3n) is 4.33. The number of rotatable bonds is 1. The normalized spacial score (nSPS) is 16.7. The van der Waals surface area contributed by atoms with Crippen molar-refractivity contribution in [1.29, 1.82) is 0 Å². The lowest BCUT2D eigenvalue weighted by molar-refractivity contribution is 0.210. The summed E-state index contributed by atoms with van der Waals surface area (Å²) in [6.45, 7) is 2.28. The zero-order chi connectivity index (χ0) is 15.1. The van der Waals surface area contributed by atoms with Crippen molar-refractivity contribution >= 4 is 16.7 Å². The Bertz CT molecular complexity index is 866. The van der Waals surface area contributed by atoms with E-state index < -0.39 is 0 Å². The Hall–Kier alpha value is -2.62. The van der Waals surface area contributed by atoms with Crippen LogP contribution >= 0.6 is 0 Å². The summed E-state index contributed by atoms with van der Waals surface area (Å²) < 4.78 is 10.8. The molecule has 0 aliphatic heterocycles. The van der Waals surface area contributed by atoms with Crippen molar-refractivity contribution in [2.45, 2.75) is 19.8 Å². The molecule has 112 valence electrons. The van der Waals surface area contributed by atoms with Gasteiger partial charge in [-0.15, -0.1) is 0 Å². The maximum Gasteiger partial charge on any atom is 0.166 e. The molecule has 1 aliphatic carbocycles. The summed E-state index contributed by atoms with van der Waals surface area (Å²) in [7, 11) is 0. The van der Waals surface area contributed by atoms with Crippen LogP contribution in [0, 0.1) is 5.92 Å². The first-order chi connectivity index (χ1) is 10.7.